The third kappa shape index (κ3) is 3.04. The summed E-state index contributed by atoms with van der Waals surface area (Å²) in [5.41, 5.74) is 3.45. The van der Waals surface area contributed by atoms with E-state index in [9.17, 15) is 0 Å². The summed E-state index contributed by atoms with van der Waals surface area (Å²) in [6.45, 7) is 6.08. The number of nitrogens with zero attached hydrogens (tertiary/aromatic N) is 5. The lowest BCUT2D eigenvalue weighted by molar-refractivity contribution is 0.524. The molecule has 0 radical (unpaired) electrons. The summed E-state index contributed by atoms with van der Waals surface area (Å²) in [5, 5.41) is 9.09. The highest BCUT2D eigenvalue weighted by molar-refractivity contribution is 5.87. The summed E-state index contributed by atoms with van der Waals surface area (Å²) >= 11 is 0. The van der Waals surface area contributed by atoms with Gasteiger partial charge in [0, 0.05) is 31.9 Å². The Morgan fingerprint density at radius 3 is 2.60 bits per heavy atom. The maximum absolute atomic E-state index is 4.70. The van der Waals surface area contributed by atoms with Gasteiger partial charge in [0.15, 0.2) is 5.65 Å². The van der Waals surface area contributed by atoms with E-state index < -0.39 is 0 Å². The molecule has 6 heteroatoms. The van der Waals surface area contributed by atoms with Gasteiger partial charge >= 0.3 is 0 Å². The van der Waals surface area contributed by atoms with Gasteiger partial charge in [0.05, 0.1) is 11.6 Å². The van der Waals surface area contributed by atoms with Crippen LogP contribution in [-0.2, 0) is 7.05 Å². The summed E-state index contributed by atoms with van der Waals surface area (Å²) in [6, 6.07) is 8.99. The highest BCUT2D eigenvalue weighted by Crippen LogP contribution is 2.27. The van der Waals surface area contributed by atoms with E-state index in [2.05, 4.69) is 51.5 Å². The topological polar surface area (TPSA) is 58.9 Å². The maximum Gasteiger partial charge on any atom is 0.163 e. The molecule has 6 nitrogen and oxygen atoms in total. The van der Waals surface area contributed by atoms with Crippen LogP contribution in [-0.4, -0.2) is 38.9 Å². The Bertz CT molecular complexity index is 892. The van der Waals surface area contributed by atoms with Gasteiger partial charge in [-0.25, -0.2) is 9.97 Å². The molecule has 4 rings (SSSR count). The quantitative estimate of drug-likeness (QED) is 0.796. The third-order valence-electron chi connectivity index (χ3n) is 4.98. The number of para-hydroxylation sites is 1. The largest absolute Gasteiger partial charge is 0.382 e. The van der Waals surface area contributed by atoms with Gasteiger partial charge in [-0.1, -0.05) is 18.2 Å². The SMILES string of the molecule is Cc1nc(N2CCC(Nc3ccccc3C)CC2)c2cnn(C)c2n1. The molecule has 1 aromatic carbocycles. The number of rotatable bonds is 3. The average molecular weight is 336 g/mol. The molecular formula is C19H24N6. The number of aryl methyl sites for hydroxylation is 3. The molecule has 0 saturated carbocycles. The molecule has 1 fully saturated rings. The second-order valence-electron chi connectivity index (χ2n) is 6.82. The Hall–Kier alpha value is -2.63. The van der Waals surface area contributed by atoms with Crippen molar-refractivity contribution in [3.05, 3.63) is 41.9 Å². The smallest absolute Gasteiger partial charge is 0.163 e. The summed E-state index contributed by atoms with van der Waals surface area (Å²) in [4.78, 5) is 11.6. The Balaban J connectivity index is 1.50. The molecule has 0 unspecified atom stereocenters. The van der Waals surface area contributed by atoms with Crippen LogP contribution in [0.25, 0.3) is 11.0 Å². The van der Waals surface area contributed by atoms with Crippen molar-refractivity contribution in [3.63, 3.8) is 0 Å². The fraction of sp³-hybridized carbons (Fsp3) is 0.421. The van der Waals surface area contributed by atoms with Gasteiger partial charge in [0.25, 0.3) is 0 Å². The summed E-state index contributed by atoms with van der Waals surface area (Å²) < 4.78 is 1.82. The van der Waals surface area contributed by atoms with E-state index in [-0.39, 0.29) is 0 Å². The number of hydrogen-bond acceptors (Lipinski definition) is 5. The van der Waals surface area contributed by atoms with Gasteiger partial charge in [-0.05, 0) is 38.3 Å². The van der Waals surface area contributed by atoms with Crippen LogP contribution in [0.5, 0.6) is 0 Å². The highest BCUT2D eigenvalue weighted by Gasteiger charge is 2.23. The van der Waals surface area contributed by atoms with Crippen molar-refractivity contribution in [2.75, 3.05) is 23.3 Å². The number of nitrogens with one attached hydrogen (secondary N) is 1. The fourth-order valence-electron chi connectivity index (χ4n) is 3.54. The van der Waals surface area contributed by atoms with Crippen LogP contribution < -0.4 is 10.2 Å². The van der Waals surface area contributed by atoms with Crippen LogP contribution in [0.15, 0.2) is 30.5 Å². The molecule has 3 heterocycles. The van der Waals surface area contributed by atoms with Crippen molar-refractivity contribution in [3.8, 4) is 0 Å². The van der Waals surface area contributed by atoms with Crippen molar-refractivity contribution >= 4 is 22.5 Å². The summed E-state index contributed by atoms with van der Waals surface area (Å²) in [7, 11) is 1.93. The molecule has 1 aliphatic rings. The van der Waals surface area contributed by atoms with E-state index in [1.165, 1.54) is 11.3 Å². The second kappa shape index (κ2) is 6.35. The highest BCUT2D eigenvalue weighted by atomic mass is 15.3. The molecule has 25 heavy (non-hydrogen) atoms. The van der Waals surface area contributed by atoms with Crippen LogP contribution >= 0.6 is 0 Å². The Morgan fingerprint density at radius 1 is 1.08 bits per heavy atom. The van der Waals surface area contributed by atoms with Crippen LogP contribution in [0, 0.1) is 13.8 Å². The van der Waals surface area contributed by atoms with E-state index in [1.54, 1.807) is 0 Å². The molecule has 2 aromatic heterocycles. The zero-order valence-electron chi connectivity index (χ0n) is 15.0. The Kier molecular flexibility index (Phi) is 4.03. The van der Waals surface area contributed by atoms with E-state index >= 15 is 0 Å². The molecular weight excluding hydrogens is 312 g/mol. The zero-order chi connectivity index (χ0) is 17.4. The minimum atomic E-state index is 0.504. The minimum Gasteiger partial charge on any atom is -0.382 e. The van der Waals surface area contributed by atoms with Gasteiger partial charge in [-0.15, -0.1) is 0 Å². The van der Waals surface area contributed by atoms with Gasteiger partial charge in [-0.2, -0.15) is 5.10 Å². The molecule has 0 amide bonds. The molecule has 130 valence electrons. The molecule has 0 spiro atoms. The maximum atomic E-state index is 4.70. The van der Waals surface area contributed by atoms with Crippen molar-refractivity contribution in [1.82, 2.24) is 19.7 Å². The molecule has 1 N–H and O–H groups in total. The van der Waals surface area contributed by atoms with Crippen LogP contribution in [0.1, 0.15) is 24.2 Å². The molecule has 0 bridgehead atoms. The van der Waals surface area contributed by atoms with E-state index in [4.69, 9.17) is 4.98 Å². The molecule has 1 aliphatic heterocycles. The first-order chi connectivity index (χ1) is 12.1. The third-order valence-corrected chi connectivity index (χ3v) is 4.98. The van der Waals surface area contributed by atoms with Crippen molar-refractivity contribution in [2.24, 2.45) is 7.05 Å². The minimum absolute atomic E-state index is 0.504. The van der Waals surface area contributed by atoms with Crippen molar-refractivity contribution in [1.29, 1.82) is 0 Å². The first-order valence-corrected chi connectivity index (χ1v) is 8.85. The summed E-state index contributed by atoms with van der Waals surface area (Å²) in [6.07, 6.45) is 4.07. The lowest BCUT2D eigenvalue weighted by atomic mass is 10.0. The van der Waals surface area contributed by atoms with E-state index in [1.807, 2.05) is 24.9 Å². The van der Waals surface area contributed by atoms with Gasteiger partial charge in [0.1, 0.15) is 11.6 Å². The average Bonchev–Trinajstić information content (AvgIpc) is 2.98. The lowest BCUT2D eigenvalue weighted by Crippen LogP contribution is -2.39. The summed E-state index contributed by atoms with van der Waals surface area (Å²) in [5.74, 6) is 1.82. The standard InChI is InChI=1S/C19H24N6/c1-13-6-4-5-7-17(13)23-15-8-10-25(11-9-15)19-16-12-20-24(3)18(16)21-14(2)22-19/h4-7,12,15,23H,8-11H2,1-3H3. The van der Waals surface area contributed by atoms with Gasteiger partial charge in [-0.3, -0.25) is 4.68 Å². The zero-order valence-corrected chi connectivity index (χ0v) is 15.0. The normalized spacial score (nSPS) is 15.7. The number of piperidine rings is 1. The Morgan fingerprint density at radius 2 is 1.84 bits per heavy atom. The predicted octanol–water partition coefficient (Wildman–Crippen LogP) is 3.06. The first kappa shape index (κ1) is 15.9. The molecule has 0 aliphatic carbocycles. The number of benzene rings is 1. The number of fused-ring (bicyclic) bond motifs is 1. The fourth-order valence-corrected chi connectivity index (χ4v) is 3.54. The Labute approximate surface area is 147 Å². The first-order valence-electron chi connectivity index (χ1n) is 8.85. The monoisotopic (exact) mass is 336 g/mol. The number of aromatic nitrogens is 4. The number of anilines is 2. The van der Waals surface area contributed by atoms with E-state index in [0.717, 1.165) is 48.6 Å². The second-order valence-corrected chi connectivity index (χ2v) is 6.82. The van der Waals surface area contributed by atoms with Crippen LogP contribution in [0.3, 0.4) is 0 Å². The molecule has 3 aromatic rings. The predicted molar refractivity (Wildman–Crippen MR) is 101 cm³/mol. The van der Waals surface area contributed by atoms with Gasteiger partial charge in [0.2, 0.25) is 0 Å². The van der Waals surface area contributed by atoms with Gasteiger partial charge < -0.3 is 10.2 Å². The number of hydrogen-bond donors (Lipinski definition) is 1. The van der Waals surface area contributed by atoms with Crippen LogP contribution in [0.4, 0.5) is 11.5 Å². The van der Waals surface area contributed by atoms with Crippen molar-refractivity contribution in [2.45, 2.75) is 32.7 Å². The lowest BCUT2D eigenvalue weighted by Gasteiger charge is -2.34. The van der Waals surface area contributed by atoms with Crippen LogP contribution in [0.2, 0.25) is 0 Å². The molecule has 0 atom stereocenters. The van der Waals surface area contributed by atoms with Crippen molar-refractivity contribution < 1.29 is 0 Å². The molecule has 1 saturated heterocycles. The van der Waals surface area contributed by atoms with E-state index in [0.29, 0.717) is 6.04 Å².